The van der Waals surface area contributed by atoms with Crippen LogP contribution in [-0.4, -0.2) is 45.9 Å². The van der Waals surface area contributed by atoms with Crippen LogP contribution in [0.15, 0.2) is 60.3 Å². The first-order chi connectivity index (χ1) is 17.2. The Morgan fingerprint density at radius 3 is 2.61 bits per heavy atom. The van der Waals surface area contributed by atoms with Crippen LogP contribution in [-0.2, 0) is 9.59 Å². The second-order valence-corrected chi connectivity index (χ2v) is 8.07. The number of nitrogens with one attached hydrogen (secondary N) is 2. The van der Waals surface area contributed by atoms with Crippen LogP contribution >= 0.6 is 0 Å². The fraction of sp³-hybridized carbons (Fsp3) is 0.160. The molecule has 1 fully saturated rings. The highest BCUT2D eigenvalue weighted by molar-refractivity contribution is 6.16. The molecule has 2 N–H and O–H groups in total. The van der Waals surface area contributed by atoms with Crippen molar-refractivity contribution in [3.05, 3.63) is 87.4 Å². The van der Waals surface area contributed by atoms with E-state index in [0.29, 0.717) is 22.7 Å². The number of methoxy groups -OCH3 is 1. The summed E-state index contributed by atoms with van der Waals surface area (Å²) < 4.78 is 7.01. The number of carbonyl (C=O) groups excluding carboxylic acids is 3. The topological polar surface area (TPSA) is 136 Å². The summed E-state index contributed by atoms with van der Waals surface area (Å²) >= 11 is 0. The molecule has 184 valence electrons. The lowest BCUT2D eigenvalue weighted by atomic mass is 10.2. The van der Waals surface area contributed by atoms with E-state index in [1.54, 1.807) is 49.4 Å². The highest BCUT2D eigenvalue weighted by Crippen LogP contribution is 2.26. The number of nitrogens with zero attached hydrogens (tertiary/aromatic N) is 3. The van der Waals surface area contributed by atoms with E-state index in [9.17, 15) is 24.5 Å². The molecule has 0 radical (unpaired) electrons. The first-order valence-electron chi connectivity index (χ1n) is 10.9. The van der Waals surface area contributed by atoms with Gasteiger partial charge in [0.2, 0.25) is 5.91 Å². The van der Waals surface area contributed by atoms with Crippen LogP contribution in [0.1, 0.15) is 17.0 Å². The fourth-order valence-electron chi connectivity index (χ4n) is 4.03. The van der Waals surface area contributed by atoms with Gasteiger partial charge < -0.3 is 19.9 Å². The van der Waals surface area contributed by atoms with E-state index in [2.05, 4.69) is 10.6 Å². The zero-order chi connectivity index (χ0) is 26.0. The summed E-state index contributed by atoms with van der Waals surface area (Å²) in [6.45, 7) is 3.15. The lowest BCUT2D eigenvalue weighted by Gasteiger charge is -2.13. The van der Waals surface area contributed by atoms with Crippen LogP contribution in [0, 0.1) is 24.0 Å². The molecule has 0 saturated carbocycles. The molecule has 0 unspecified atom stereocenters. The first kappa shape index (κ1) is 24.2. The molecule has 1 saturated heterocycles. The van der Waals surface area contributed by atoms with Crippen molar-refractivity contribution in [1.29, 1.82) is 0 Å². The maximum absolute atomic E-state index is 12.9. The molecule has 0 bridgehead atoms. The van der Waals surface area contributed by atoms with Crippen molar-refractivity contribution in [3.63, 3.8) is 0 Å². The highest BCUT2D eigenvalue weighted by Gasteiger charge is 2.35. The number of urea groups is 1. The summed E-state index contributed by atoms with van der Waals surface area (Å²) in [5.74, 6) is -0.758. The number of imide groups is 1. The van der Waals surface area contributed by atoms with Gasteiger partial charge in [-0.1, -0.05) is 18.2 Å². The van der Waals surface area contributed by atoms with Gasteiger partial charge in [0.05, 0.1) is 23.4 Å². The van der Waals surface area contributed by atoms with Gasteiger partial charge in [0.15, 0.2) is 0 Å². The summed E-state index contributed by atoms with van der Waals surface area (Å²) in [7, 11) is 1.47. The van der Waals surface area contributed by atoms with Gasteiger partial charge in [0, 0.05) is 23.5 Å². The molecule has 11 nitrogen and oxygen atoms in total. The number of nitro groups is 1. The number of non-ortho nitro benzene ring substituents is 1. The molecule has 1 aliphatic heterocycles. The van der Waals surface area contributed by atoms with Gasteiger partial charge in [-0.25, -0.2) is 9.69 Å². The average molecular weight is 489 g/mol. The number of anilines is 1. The molecular weight excluding hydrogens is 466 g/mol. The molecule has 4 rings (SSSR count). The molecule has 2 heterocycles. The Hall–Kier alpha value is -4.93. The summed E-state index contributed by atoms with van der Waals surface area (Å²) in [6.07, 6.45) is 1.52. The average Bonchev–Trinajstić information content (AvgIpc) is 3.28. The lowest BCUT2D eigenvalue weighted by Crippen LogP contribution is -2.38. The zero-order valence-electron chi connectivity index (χ0n) is 19.8. The minimum absolute atomic E-state index is 0.0179. The lowest BCUT2D eigenvalue weighted by molar-refractivity contribution is -0.384. The van der Waals surface area contributed by atoms with Gasteiger partial charge >= 0.3 is 6.03 Å². The zero-order valence-corrected chi connectivity index (χ0v) is 19.8. The highest BCUT2D eigenvalue weighted by atomic mass is 16.6. The third-order valence-corrected chi connectivity index (χ3v) is 5.71. The van der Waals surface area contributed by atoms with E-state index < -0.39 is 29.3 Å². The molecule has 3 aromatic rings. The number of hydrogen-bond donors (Lipinski definition) is 2. The number of hydrogen-bond acceptors (Lipinski definition) is 6. The Kier molecular flexibility index (Phi) is 6.55. The number of carbonyl (C=O) groups is 3. The number of amides is 4. The third kappa shape index (κ3) is 4.67. The molecule has 0 aliphatic carbocycles. The minimum atomic E-state index is -0.714. The maximum atomic E-state index is 12.9. The summed E-state index contributed by atoms with van der Waals surface area (Å²) in [6, 6.07) is 14.1. The number of nitro benzene ring substituents is 1. The summed E-state index contributed by atoms with van der Waals surface area (Å²) in [5, 5.41) is 16.3. The van der Waals surface area contributed by atoms with Gasteiger partial charge in [0.25, 0.3) is 11.6 Å². The Bertz CT molecular complexity index is 1420. The Labute approximate surface area is 206 Å². The fourth-order valence-corrected chi connectivity index (χ4v) is 4.03. The maximum Gasteiger partial charge on any atom is 0.329 e. The number of benzene rings is 2. The van der Waals surface area contributed by atoms with Gasteiger partial charge in [-0.05, 0) is 49.8 Å². The number of rotatable bonds is 7. The van der Waals surface area contributed by atoms with Gasteiger partial charge in [-0.2, -0.15) is 0 Å². The van der Waals surface area contributed by atoms with E-state index in [0.717, 1.165) is 16.3 Å². The van der Waals surface area contributed by atoms with Crippen molar-refractivity contribution in [3.8, 4) is 11.4 Å². The summed E-state index contributed by atoms with van der Waals surface area (Å²) in [4.78, 5) is 49.4. The number of ether oxygens (including phenoxy) is 1. The van der Waals surface area contributed by atoms with Crippen molar-refractivity contribution in [2.45, 2.75) is 13.8 Å². The Balaban J connectivity index is 1.55. The van der Waals surface area contributed by atoms with E-state index in [1.807, 2.05) is 11.5 Å². The third-order valence-electron chi connectivity index (χ3n) is 5.71. The number of para-hydroxylation sites is 2. The summed E-state index contributed by atoms with van der Waals surface area (Å²) in [5.41, 5.74) is 3.13. The quantitative estimate of drug-likeness (QED) is 0.226. The second-order valence-electron chi connectivity index (χ2n) is 8.07. The molecule has 2 aromatic carbocycles. The van der Waals surface area contributed by atoms with Crippen LogP contribution < -0.4 is 15.4 Å². The molecule has 1 aliphatic rings. The molecular formula is C25H23N5O6. The number of aryl methyl sites for hydroxylation is 1. The Morgan fingerprint density at radius 2 is 1.89 bits per heavy atom. The van der Waals surface area contributed by atoms with Crippen molar-refractivity contribution in [1.82, 2.24) is 14.8 Å². The van der Waals surface area contributed by atoms with Crippen LogP contribution in [0.2, 0.25) is 0 Å². The predicted octanol–water partition coefficient (Wildman–Crippen LogP) is 3.54. The monoisotopic (exact) mass is 489 g/mol. The first-order valence-corrected chi connectivity index (χ1v) is 10.9. The van der Waals surface area contributed by atoms with Crippen LogP contribution in [0.5, 0.6) is 5.75 Å². The molecule has 0 atom stereocenters. The minimum Gasteiger partial charge on any atom is -0.495 e. The molecule has 4 amide bonds. The van der Waals surface area contributed by atoms with Gasteiger partial charge in [-0.15, -0.1) is 0 Å². The van der Waals surface area contributed by atoms with Crippen LogP contribution in [0.4, 0.5) is 16.2 Å². The van der Waals surface area contributed by atoms with Crippen LogP contribution in [0.25, 0.3) is 11.8 Å². The van der Waals surface area contributed by atoms with Crippen LogP contribution in [0.3, 0.4) is 0 Å². The number of aromatic nitrogens is 1. The Morgan fingerprint density at radius 1 is 1.14 bits per heavy atom. The van der Waals surface area contributed by atoms with Gasteiger partial charge in [-0.3, -0.25) is 19.7 Å². The van der Waals surface area contributed by atoms with Crippen molar-refractivity contribution >= 4 is 35.3 Å². The standard InChI is InChI=1S/C25H23N5O6/c1-15-11-17(16(2)29(15)18-7-6-8-19(13-18)30(34)35)12-21-24(32)28(25(33)27-21)14-23(31)26-20-9-4-5-10-22(20)36-3/h4-13H,14H2,1-3H3,(H,26,31)(H,27,33)/b21-12+. The SMILES string of the molecule is COc1ccccc1NC(=O)CN1C(=O)N/C(=C/c2cc(C)n(-c3cccc([N+](=O)[O-])c3)c2C)C1=O. The molecule has 36 heavy (non-hydrogen) atoms. The van der Waals surface area contributed by atoms with E-state index in [4.69, 9.17) is 4.74 Å². The second kappa shape index (κ2) is 9.74. The van der Waals surface area contributed by atoms with E-state index in [1.165, 1.54) is 25.3 Å². The molecule has 1 aromatic heterocycles. The van der Waals surface area contributed by atoms with Crippen molar-refractivity contribution < 1.29 is 24.0 Å². The molecule has 11 heteroatoms. The van der Waals surface area contributed by atoms with Crippen molar-refractivity contribution in [2.75, 3.05) is 19.0 Å². The predicted molar refractivity (Wildman–Crippen MR) is 132 cm³/mol. The molecule has 0 spiro atoms. The smallest absolute Gasteiger partial charge is 0.329 e. The largest absolute Gasteiger partial charge is 0.495 e. The van der Waals surface area contributed by atoms with Gasteiger partial charge in [0.1, 0.15) is 18.0 Å². The van der Waals surface area contributed by atoms with E-state index in [-0.39, 0.29) is 11.4 Å². The normalized spacial score (nSPS) is 14.2. The van der Waals surface area contributed by atoms with Crippen molar-refractivity contribution in [2.24, 2.45) is 0 Å². The van der Waals surface area contributed by atoms with E-state index >= 15 is 0 Å².